The Kier molecular flexibility index (Phi) is 4.82. The van der Waals surface area contributed by atoms with E-state index in [4.69, 9.17) is 16.3 Å². The van der Waals surface area contributed by atoms with E-state index in [-0.39, 0.29) is 11.6 Å². The summed E-state index contributed by atoms with van der Waals surface area (Å²) in [7, 11) is 1.73. The molecule has 0 aliphatic heterocycles. The molecule has 3 nitrogen and oxygen atoms in total. The number of benzene rings is 1. The van der Waals surface area contributed by atoms with Crippen molar-refractivity contribution in [3.05, 3.63) is 35.9 Å². The van der Waals surface area contributed by atoms with Crippen LogP contribution in [0.1, 0.15) is 25.8 Å². The van der Waals surface area contributed by atoms with Gasteiger partial charge >= 0.3 is 6.09 Å². The lowest BCUT2D eigenvalue weighted by Crippen LogP contribution is -2.44. The number of carbonyl (C=O) groups excluding carboxylic acids is 1. The number of halogens is 1. The molecule has 0 aliphatic carbocycles. The van der Waals surface area contributed by atoms with Crippen molar-refractivity contribution >= 4 is 17.7 Å². The van der Waals surface area contributed by atoms with Crippen LogP contribution in [0.4, 0.5) is 4.79 Å². The van der Waals surface area contributed by atoms with Gasteiger partial charge in [-0.2, -0.15) is 0 Å². The van der Waals surface area contributed by atoms with Gasteiger partial charge in [0, 0.05) is 7.05 Å². The van der Waals surface area contributed by atoms with Gasteiger partial charge in [0.25, 0.3) is 0 Å². The Bertz CT molecular complexity index is 369. The van der Waals surface area contributed by atoms with Gasteiger partial charge in [0.2, 0.25) is 0 Å². The minimum absolute atomic E-state index is 0.127. The molecule has 0 heterocycles. The molecule has 0 unspecified atom stereocenters. The Morgan fingerprint density at radius 2 is 2.00 bits per heavy atom. The van der Waals surface area contributed by atoms with Crippen molar-refractivity contribution in [2.24, 2.45) is 0 Å². The summed E-state index contributed by atoms with van der Waals surface area (Å²) in [5.74, 6) is 0. The average molecular weight is 256 g/mol. The molecule has 1 amide bonds. The fraction of sp³-hybridized carbons (Fsp3) is 0.462. The molecule has 0 radical (unpaired) electrons. The third-order valence-electron chi connectivity index (χ3n) is 3.28. The maximum absolute atomic E-state index is 11.7. The molecule has 0 fully saturated rings. The van der Waals surface area contributed by atoms with Gasteiger partial charge in [-0.1, -0.05) is 48.9 Å². The zero-order chi connectivity index (χ0) is 12.9. The predicted octanol–water partition coefficient (Wildman–Crippen LogP) is 3.58. The predicted molar refractivity (Wildman–Crippen MR) is 69.0 cm³/mol. The summed E-state index contributed by atoms with van der Waals surface area (Å²) < 4.78 is 4.83. The van der Waals surface area contributed by atoms with Gasteiger partial charge in [-0.15, -0.1) is 0 Å². The number of ether oxygens (including phenoxy) is 1. The molecule has 1 aromatic carbocycles. The van der Waals surface area contributed by atoms with E-state index >= 15 is 0 Å². The fourth-order valence-electron chi connectivity index (χ4n) is 1.78. The molecule has 1 aromatic rings. The van der Waals surface area contributed by atoms with Crippen molar-refractivity contribution in [1.82, 2.24) is 4.90 Å². The van der Waals surface area contributed by atoms with Crippen LogP contribution in [0.3, 0.4) is 0 Å². The molecule has 0 saturated carbocycles. The van der Waals surface area contributed by atoms with Crippen LogP contribution in [0.15, 0.2) is 30.3 Å². The second kappa shape index (κ2) is 5.92. The van der Waals surface area contributed by atoms with Crippen molar-refractivity contribution < 1.29 is 9.53 Å². The van der Waals surface area contributed by atoms with Crippen molar-refractivity contribution in [2.45, 2.75) is 25.8 Å². The maximum Gasteiger partial charge on any atom is 0.411 e. The number of nitrogens with zero attached hydrogens (tertiary/aromatic N) is 1. The number of amides is 1. The fourth-order valence-corrected chi connectivity index (χ4v) is 1.87. The van der Waals surface area contributed by atoms with Gasteiger partial charge in [-0.05, 0) is 18.9 Å². The summed E-state index contributed by atoms with van der Waals surface area (Å²) in [5, 5.41) is 0. The first-order valence-electron chi connectivity index (χ1n) is 5.58. The molecular formula is C13H18ClNO2. The molecule has 4 heteroatoms. The first-order chi connectivity index (χ1) is 8.06. The van der Waals surface area contributed by atoms with Gasteiger partial charge in [0.1, 0.15) is 0 Å². The summed E-state index contributed by atoms with van der Waals surface area (Å²) in [6.07, 6.45) is 0.387. The second-order valence-electron chi connectivity index (χ2n) is 4.07. The van der Waals surface area contributed by atoms with Gasteiger partial charge in [0.05, 0.1) is 5.54 Å². The SMILES string of the molecule is CC[C@@](C)(c1ccccc1)N(C)C(=O)OCCl. The smallest absolute Gasteiger partial charge is 0.411 e. The minimum atomic E-state index is -0.409. The Labute approximate surface area is 107 Å². The van der Waals surface area contributed by atoms with Gasteiger partial charge in [-0.25, -0.2) is 4.79 Å². The summed E-state index contributed by atoms with van der Waals surface area (Å²) in [6, 6.07) is 9.77. The standard InChI is InChI=1S/C13H18ClNO2/c1-4-13(2,11-8-6-5-7-9-11)15(3)12(16)17-10-14/h5-9H,4,10H2,1-3H3/t13-/m0/s1. The van der Waals surface area contributed by atoms with Crippen LogP contribution in [-0.2, 0) is 10.3 Å². The Hall–Kier alpha value is -1.22. The van der Waals surface area contributed by atoms with Crippen LogP contribution in [0.5, 0.6) is 0 Å². The number of hydrogen-bond acceptors (Lipinski definition) is 2. The normalized spacial score (nSPS) is 13.9. The number of alkyl halides is 1. The van der Waals surface area contributed by atoms with Crippen LogP contribution in [0, 0.1) is 0 Å². The van der Waals surface area contributed by atoms with Gasteiger partial charge in [0.15, 0.2) is 6.07 Å². The van der Waals surface area contributed by atoms with E-state index in [1.807, 2.05) is 44.2 Å². The Morgan fingerprint density at radius 3 is 2.47 bits per heavy atom. The largest absolute Gasteiger partial charge is 0.433 e. The molecule has 0 aliphatic rings. The minimum Gasteiger partial charge on any atom is -0.433 e. The Balaban J connectivity index is 3.00. The second-order valence-corrected chi connectivity index (χ2v) is 4.29. The molecular weight excluding hydrogens is 238 g/mol. The molecule has 0 N–H and O–H groups in total. The lowest BCUT2D eigenvalue weighted by atomic mass is 9.88. The van der Waals surface area contributed by atoms with Crippen LogP contribution in [0.25, 0.3) is 0 Å². The molecule has 0 saturated heterocycles. The highest BCUT2D eigenvalue weighted by molar-refractivity contribution is 6.17. The highest BCUT2D eigenvalue weighted by Crippen LogP contribution is 2.30. The van der Waals surface area contributed by atoms with E-state index < -0.39 is 6.09 Å². The summed E-state index contributed by atoms with van der Waals surface area (Å²) in [5.41, 5.74) is 0.696. The zero-order valence-electron chi connectivity index (χ0n) is 10.4. The molecule has 0 bridgehead atoms. The monoisotopic (exact) mass is 255 g/mol. The van der Waals surface area contributed by atoms with Gasteiger partial charge in [-0.3, -0.25) is 0 Å². The lowest BCUT2D eigenvalue weighted by Gasteiger charge is -2.37. The van der Waals surface area contributed by atoms with Crippen LogP contribution in [-0.4, -0.2) is 24.1 Å². The molecule has 17 heavy (non-hydrogen) atoms. The van der Waals surface area contributed by atoms with Crippen molar-refractivity contribution in [1.29, 1.82) is 0 Å². The first kappa shape index (κ1) is 13.8. The van der Waals surface area contributed by atoms with Crippen LogP contribution in [0.2, 0.25) is 0 Å². The van der Waals surface area contributed by atoms with Crippen molar-refractivity contribution in [2.75, 3.05) is 13.1 Å². The number of carbonyl (C=O) groups is 1. The Morgan fingerprint density at radius 1 is 1.41 bits per heavy atom. The third kappa shape index (κ3) is 2.91. The number of rotatable bonds is 4. The quantitative estimate of drug-likeness (QED) is 0.770. The molecule has 94 valence electrons. The maximum atomic E-state index is 11.7. The molecule has 0 spiro atoms. The highest BCUT2D eigenvalue weighted by Gasteiger charge is 2.33. The third-order valence-corrected chi connectivity index (χ3v) is 3.39. The summed E-state index contributed by atoms with van der Waals surface area (Å²) in [4.78, 5) is 13.3. The van der Waals surface area contributed by atoms with Crippen LogP contribution >= 0.6 is 11.6 Å². The van der Waals surface area contributed by atoms with Gasteiger partial charge < -0.3 is 9.64 Å². The molecule has 0 aromatic heterocycles. The summed E-state index contributed by atoms with van der Waals surface area (Å²) >= 11 is 5.41. The van der Waals surface area contributed by atoms with E-state index in [1.54, 1.807) is 11.9 Å². The van der Waals surface area contributed by atoms with Crippen LogP contribution < -0.4 is 0 Å². The lowest BCUT2D eigenvalue weighted by molar-refractivity contribution is 0.0780. The van der Waals surface area contributed by atoms with Crippen molar-refractivity contribution in [3.63, 3.8) is 0 Å². The van der Waals surface area contributed by atoms with E-state index in [2.05, 4.69) is 0 Å². The van der Waals surface area contributed by atoms with E-state index in [0.717, 1.165) is 12.0 Å². The average Bonchev–Trinajstić information content (AvgIpc) is 2.38. The summed E-state index contributed by atoms with van der Waals surface area (Å²) in [6.45, 7) is 4.05. The van der Waals surface area contributed by atoms with E-state index in [0.29, 0.717) is 0 Å². The van der Waals surface area contributed by atoms with E-state index in [9.17, 15) is 4.79 Å². The zero-order valence-corrected chi connectivity index (χ0v) is 11.2. The topological polar surface area (TPSA) is 29.5 Å². The first-order valence-corrected chi connectivity index (χ1v) is 6.11. The van der Waals surface area contributed by atoms with Crippen molar-refractivity contribution in [3.8, 4) is 0 Å². The highest BCUT2D eigenvalue weighted by atomic mass is 35.5. The number of hydrogen-bond donors (Lipinski definition) is 0. The molecule has 1 rings (SSSR count). The van der Waals surface area contributed by atoms with E-state index in [1.165, 1.54) is 0 Å². The molecule has 1 atom stereocenters.